The average Bonchev–Trinajstić information content (AvgIpc) is 2.85. The first-order valence-corrected chi connectivity index (χ1v) is 9.34. The number of carbonyl (C=O) groups is 1. The van der Waals surface area contributed by atoms with Crippen LogP contribution in [-0.4, -0.2) is 39.6 Å². The molecule has 2 bridgehead atoms. The van der Waals surface area contributed by atoms with Crippen LogP contribution in [0.4, 0.5) is 0 Å². The predicted octanol–water partition coefficient (Wildman–Crippen LogP) is 1.76. The van der Waals surface area contributed by atoms with E-state index in [4.69, 9.17) is 0 Å². The average molecular weight is 375 g/mol. The highest BCUT2D eigenvalue weighted by Crippen LogP contribution is 2.28. The van der Waals surface area contributed by atoms with Crippen molar-refractivity contribution in [3.8, 4) is 0 Å². The summed E-state index contributed by atoms with van der Waals surface area (Å²) in [6.45, 7) is 1.72. The lowest BCUT2D eigenvalue weighted by atomic mass is 10.0. The Morgan fingerprint density at radius 3 is 2.46 bits per heavy atom. The smallest absolute Gasteiger partial charge is 0.337 e. The highest BCUT2D eigenvalue weighted by molar-refractivity contribution is 7.89. The number of methoxy groups -OCH3 is 1. The normalized spacial score (nSPS) is 25.8. The van der Waals surface area contributed by atoms with Gasteiger partial charge >= 0.3 is 5.97 Å². The first-order chi connectivity index (χ1) is 10.9. The number of fused-ring (bicyclic) bond motifs is 2. The zero-order chi connectivity index (χ0) is 16.6. The standard InChI is InChI=1S/C16H22N2O4S.ClH/c1-10-3-4-11(16(19)22-2)7-15(10)23(20,21)18-14-8-12-5-6-13(9-14)17-12;/h3-4,7,12-14,17-18H,5-6,8-9H2,1-2H3;1H. The Hall–Kier alpha value is -1.15. The van der Waals surface area contributed by atoms with Crippen molar-refractivity contribution in [2.45, 2.75) is 55.6 Å². The fourth-order valence-corrected chi connectivity index (χ4v) is 5.10. The van der Waals surface area contributed by atoms with Gasteiger partial charge in [-0.15, -0.1) is 12.4 Å². The first kappa shape index (κ1) is 19.2. The number of sulfonamides is 1. The van der Waals surface area contributed by atoms with E-state index in [9.17, 15) is 13.2 Å². The molecule has 0 amide bonds. The summed E-state index contributed by atoms with van der Waals surface area (Å²) in [5.41, 5.74) is 0.853. The van der Waals surface area contributed by atoms with Gasteiger partial charge in [0.15, 0.2) is 0 Å². The number of piperidine rings is 1. The van der Waals surface area contributed by atoms with E-state index in [1.807, 2.05) is 0 Å². The molecule has 0 radical (unpaired) electrons. The fourth-order valence-electron chi connectivity index (χ4n) is 3.57. The zero-order valence-electron chi connectivity index (χ0n) is 13.7. The highest BCUT2D eigenvalue weighted by Gasteiger charge is 2.35. The Balaban J connectivity index is 0.00000208. The van der Waals surface area contributed by atoms with Crippen molar-refractivity contribution in [3.05, 3.63) is 29.3 Å². The maximum atomic E-state index is 12.7. The molecule has 134 valence electrons. The molecule has 0 aliphatic carbocycles. The molecule has 24 heavy (non-hydrogen) atoms. The summed E-state index contributed by atoms with van der Waals surface area (Å²) in [5.74, 6) is -0.540. The van der Waals surface area contributed by atoms with E-state index < -0.39 is 16.0 Å². The monoisotopic (exact) mass is 374 g/mol. The summed E-state index contributed by atoms with van der Waals surface area (Å²) in [5, 5.41) is 3.49. The van der Waals surface area contributed by atoms with Crippen LogP contribution in [0.2, 0.25) is 0 Å². The maximum Gasteiger partial charge on any atom is 0.337 e. The molecule has 2 unspecified atom stereocenters. The number of ether oxygens (including phenoxy) is 1. The van der Waals surface area contributed by atoms with E-state index >= 15 is 0 Å². The van der Waals surface area contributed by atoms with Crippen molar-refractivity contribution in [3.63, 3.8) is 0 Å². The van der Waals surface area contributed by atoms with Crippen LogP contribution in [0.1, 0.15) is 41.6 Å². The molecule has 0 aromatic heterocycles. The van der Waals surface area contributed by atoms with Crippen LogP contribution < -0.4 is 10.0 Å². The molecule has 1 aromatic rings. The van der Waals surface area contributed by atoms with E-state index in [-0.39, 0.29) is 28.9 Å². The third-order valence-electron chi connectivity index (χ3n) is 4.69. The van der Waals surface area contributed by atoms with Crippen LogP contribution >= 0.6 is 12.4 Å². The minimum Gasteiger partial charge on any atom is -0.465 e. The molecule has 0 saturated carbocycles. The molecule has 2 aliphatic heterocycles. The van der Waals surface area contributed by atoms with Gasteiger partial charge in [0.1, 0.15) is 0 Å². The summed E-state index contributed by atoms with van der Waals surface area (Å²) in [6.07, 6.45) is 3.84. The highest BCUT2D eigenvalue weighted by atomic mass is 35.5. The molecule has 3 rings (SSSR count). The van der Waals surface area contributed by atoms with E-state index in [1.54, 1.807) is 19.1 Å². The van der Waals surface area contributed by atoms with E-state index in [0.29, 0.717) is 17.6 Å². The second-order valence-electron chi connectivity index (χ2n) is 6.40. The minimum atomic E-state index is -3.66. The van der Waals surface area contributed by atoms with Gasteiger partial charge in [-0.2, -0.15) is 0 Å². The molecular weight excluding hydrogens is 352 g/mol. The maximum absolute atomic E-state index is 12.7. The number of hydrogen-bond donors (Lipinski definition) is 2. The van der Waals surface area contributed by atoms with Crippen LogP contribution in [0.15, 0.2) is 23.1 Å². The Morgan fingerprint density at radius 1 is 1.25 bits per heavy atom. The fraction of sp³-hybridized carbons (Fsp3) is 0.562. The second-order valence-corrected chi connectivity index (χ2v) is 8.08. The van der Waals surface area contributed by atoms with E-state index in [2.05, 4.69) is 14.8 Å². The minimum absolute atomic E-state index is 0. The number of nitrogens with one attached hydrogen (secondary N) is 2. The third-order valence-corrected chi connectivity index (χ3v) is 6.36. The van der Waals surface area contributed by atoms with Crippen molar-refractivity contribution >= 4 is 28.4 Å². The molecule has 2 atom stereocenters. The lowest BCUT2D eigenvalue weighted by molar-refractivity contribution is 0.0600. The Kier molecular flexibility index (Phi) is 5.91. The molecule has 2 fully saturated rings. The predicted molar refractivity (Wildman–Crippen MR) is 93.1 cm³/mol. The number of benzene rings is 1. The van der Waals surface area contributed by atoms with Gasteiger partial charge in [0, 0.05) is 18.1 Å². The van der Waals surface area contributed by atoms with Crippen LogP contribution in [0, 0.1) is 6.92 Å². The van der Waals surface area contributed by atoms with Gasteiger partial charge in [-0.05, 0) is 50.3 Å². The molecule has 2 aliphatic rings. The van der Waals surface area contributed by atoms with Gasteiger partial charge in [-0.1, -0.05) is 6.07 Å². The van der Waals surface area contributed by atoms with E-state index in [1.165, 1.54) is 13.2 Å². The summed E-state index contributed by atoms with van der Waals surface area (Å²) < 4.78 is 33.0. The number of rotatable bonds is 4. The summed E-state index contributed by atoms with van der Waals surface area (Å²) >= 11 is 0. The van der Waals surface area contributed by atoms with Crippen LogP contribution in [-0.2, 0) is 14.8 Å². The molecule has 1 aromatic carbocycles. The second kappa shape index (κ2) is 7.39. The van der Waals surface area contributed by atoms with Gasteiger partial charge in [-0.25, -0.2) is 17.9 Å². The van der Waals surface area contributed by atoms with Gasteiger partial charge in [0.25, 0.3) is 0 Å². The van der Waals surface area contributed by atoms with Crippen molar-refractivity contribution in [2.75, 3.05) is 7.11 Å². The first-order valence-electron chi connectivity index (χ1n) is 7.86. The molecular formula is C16H23ClN2O4S. The number of halogens is 1. The topological polar surface area (TPSA) is 84.5 Å². The SMILES string of the molecule is COC(=O)c1ccc(C)c(S(=O)(=O)NC2CC3CCC(C2)N3)c1.Cl. The Bertz CT molecular complexity index is 711. The lowest BCUT2D eigenvalue weighted by Crippen LogP contribution is -2.48. The van der Waals surface area contributed by atoms with Gasteiger partial charge in [-0.3, -0.25) is 0 Å². The summed E-state index contributed by atoms with van der Waals surface area (Å²) in [4.78, 5) is 11.8. The van der Waals surface area contributed by atoms with Crippen molar-refractivity contribution in [1.82, 2.24) is 10.0 Å². The molecule has 8 heteroatoms. The lowest BCUT2D eigenvalue weighted by Gasteiger charge is -2.29. The molecule has 2 N–H and O–H groups in total. The zero-order valence-corrected chi connectivity index (χ0v) is 15.4. The quantitative estimate of drug-likeness (QED) is 0.784. The molecule has 2 heterocycles. The molecule has 2 saturated heterocycles. The Labute approximate surface area is 148 Å². The van der Waals surface area contributed by atoms with Crippen LogP contribution in [0.25, 0.3) is 0 Å². The molecule has 6 nitrogen and oxygen atoms in total. The summed E-state index contributed by atoms with van der Waals surface area (Å²) in [7, 11) is -2.38. The third kappa shape index (κ3) is 3.91. The largest absolute Gasteiger partial charge is 0.465 e. The van der Waals surface area contributed by atoms with Gasteiger partial charge < -0.3 is 10.1 Å². The number of aryl methyl sites for hydroxylation is 1. The van der Waals surface area contributed by atoms with E-state index in [0.717, 1.165) is 25.7 Å². The van der Waals surface area contributed by atoms with Gasteiger partial charge in [0.05, 0.1) is 17.6 Å². The number of esters is 1. The number of hydrogen-bond acceptors (Lipinski definition) is 5. The van der Waals surface area contributed by atoms with Crippen molar-refractivity contribution in [1.29, 1.82) is 0 Å². The molecule has 0 spiro atoms. The van der Waals surface area contributed by atoms with Gasteiger partial charge in [0.2, 0.25) is 10.0 Å². The van der Waals surface area contributed by atoms with Crippen LogP contribution in [0.3, 0.4) is 0 Å². The van der Waals surface area contributed by atoms with Crippen molar-refractivity contribution < 1.29 is 17.9 Å². The Morgan fingerprint density at radius 2 is 1.88 bits per heavy atom. The van der Waals surface area contributed by atoms with Crippen LogP contribution in [0.5, 0.6) is 0 Å². The number of carbonyl (C=O) groups excluding carboxylic acids is 1. The summed E-state index contributed by atoms with van der Waals surface area (Å²) in [6, 6.07) is 5.35. The van der Waals surface area contributed by atoms with Crippen molar-refractivity contribution in [2.24, 2.45) is 0 Å².